The fourth-order valence-corrected chi connectivity index (χ4v) is 4.58. The molecule has 0 bridgehead atoms. The van der Waals surface area contributed by atoms with E-state index in [0.717, 1.165) is 24.8 Å². The maximum atomic E-state index is 13.5. The summed E-state index contributed by atoms with van der Waals surface area (Å²) in [6.07, 6.45) is 2.47. The molecule has 154 valence electrons. The number of carbonyl (C=O) groups is 2. The Hall–Kier alpha value is -2.99. The van der Waals surface area contributed by atoms with Crippen molar-refractivity contribution in [2.24, 2.45) is 0 Å². The highest BCUT2D eigenvalue weighted by Gasteiger charge is 2.43. The quantitative estimate of drug-likeness (QED) is 0.732. The fraction of sp³-hybridized carbons (Fsp3) is 0.333. The van der Waals surface area contributed by atoms with Gasteiger partial charge in [-0.05, 0) is 48.1 Å². The third-order valence-electron chi connectivity index (χ3n) is 6.13. The first-order valence-corrected chi connectivity index (χ1v) is 10.4. The van der Waals surface area contributed by atoms with Gasteiger partial charge < -0.3 is 9.64 Å². The zero-order valence-corrected chi connectivity index (χ0v) is 16.6. The van der Waals surface area contributed by atoms with Crippen molar-refractivity contribution in [1.82, 2.24) is 9.80 Å². The van der Waals surface area contributed by atoms with E-state index in [-0.39, 0.29) is 30.3 Å². The average molecular weight is 406 g/mol. The van der Waals surface area contributed by atoms with Gasteiger partial charge >= 0.3 is 0 Å². The van der Waals surface area contributed by atoms with Crippen LogP contribution in [-0.4, -0.2) is 47.4 Å². The van der Waals surface area contributed by atoms with Crippen LogP contribution in [0.2, 0.25) is 0 Å². The number of amides is 2. The summed E-state index contributed by atoms with van der Waals surface area (Å²) in [7, 11) is 0. The molecular formula is C24H23FN2O3. The number of rotatable bonds is 4. The zero-order valence-electron chi connectivity index (χ0n) is 16.6. The lowest BCUT2D eigenvalue weighted by molar-refractivity contribution is -0.139. The predicted molar refractivity (Wildman–Crippen MR) is 110 cm³/mol. The van der Waals surface area contributed by atoms with Gasteiger partial charge in [0.05, 0.1) is 18.2 Å². The molecule has 2 aromatic rings. The number of nitrogens with zero attached hydrogens (tertiary/aromatic N) is 2. The van der Waals surface area contributed by atoms with Crippen molar-refractivity contribution in [2.45, 2.75) is 31.9 Å². The summed E-state index contributed by atoms with van der Waals surface area (Å²) in [4.78, 5) is 30.1. The van der Waals surface area contributed by atoms with Crippen LogP contribution in [0.3, 0.4) is 0 Å². The van der Waals surface area contributed by atoms with E-state index in [1.54, 1.807) is 12.1 Å². The van der Waals surface area contributed by atoms with Crippen molar-refractivity contribution >= 4 is 17.4 Å². The maximum Gasteiger partial charge on any atom is 0.277 e. The highest BCUT2D eigenvalue weighted by molar-refractivity contribution is 6.35. The van der Waals surface area contributed by atoms with Gasteiger partial charge in [-0.25, -0.2) is 4.39 Å². The smallest absolute Gasteiger partial charge is 0.277 e. The number of benzene rings is 2. The molecule has 1 saturated heterocycles. The van der Waals surface area contributed by atoms with Crippen molar-refractivity contribution in [3.05, 3.63) is 76.7 Å². The molecule has 0 aromatic heterocycles. The lowest BCUT2D eigenvalue weighted by atomic mass is 9.98. The Balaban J connectivity index is 1.53. The lowest BCUT2D eigenvalue weighted by Gasteiger charge is -2.31. The SMILES string of the molecule is O=C1C(c2ccc(F)cc2)=C(N2CCc3ccccc3C2)C(=O)N1CC1CCCO1. The van der Waals surface area contributed by atoms with Gasteiger partial charge in [-0.3, -0.25) is 14.5 Å². The van der Waals surface area contributed by atoms with Gasteiger partial charge in [0, 0.05) is 19.7 Å². The molecule has 0 aliphatic carbocycles. The van der Waals surface area contributed by atoms with E-state index in [9.17, 15) is 14.0 Å². The van der Waals surface area contributed by atoms with Crippen molar-refractivity contribution in [3.63, 3.8) is 0 Å². The van der Waals surface area contributed by atoms with Crippen LogP contribution in [-0.2, 0) is 27.3 Å². The molecule has 5 nitrogen and oxygen atoms in total. The zero-order chi connectivity index (χ0) is 20.7. The predicted octanol–water partition coefficient (Wildman–Crippen LogP) is 3.14. The van der Waals surface area contributed by atoms with Crippen LogP contribution in [0.5, 0.6) is 0 Å². The van der Waals surface area contributed by atoms with E-state index in [2.05, 4.69) is 12.1 Å². The number of hydrogen-bond acceptors (Lipinski definition) is 4. The average Bonchev–Trinajstić information content (AvgIpc) is 3.36. The summed E-state index contributed by atoms with van der Waals surface area (Å²) < 4.78 is 19.2. The number of fused-ring (bicyclic) bond motifs is 1. The molecule has 5 rings (SSSR count). The van der Waals surface area contributed by atoms with E-state index in [1.807, 2.05) is 17.0 Å². The molecule has 1 unspecified atom stereocenters. The molecule has 1 fully saturated rings. The largest absolute Gasteiger partial charge is 0.376 e. The molecule has 0 N–H and O–H groups in total. The van der Waals surface area contributed by atoms with Crippen molar-refractivity contribution < 1.29 is 18.7 Å². The molecule has 6 heteroatoms. The van der Waals surface area contributed by atoms with Gasteiger partial charge in [0.2, 0.25) is 0 Å². The molecule has 1 atom stereocenters. The van der Waals surface area contributed by atoms with Crippen LogP contribution in [0, 0.1) is 5.82 Å². The second-order valence-electron chi connectivity index (χ2n) is 8.03. The maximum absolute atomic E-state index is 13.5. The van der Waals surface area contributed by atoms with Crippen LogP contribution in [0.4, 0.5) is 4.39 Å². The number of imide groups is 1. The number of halogens is 1. The van der Waals surface area contributed by atoms with E-state index < -0.39 is 0 Å². The summed E-state index contributed by atoms with van der Waals surface area (Å²) in [5.74, 6) is -0.981. The lowest BCUT2D eigenvalue weighted by Crippen LogP contribution is -2.40. The van der Waals surface area contributed by atoms with Crippen LogP contribution >= 0.6 is 0 Å². The second kappa shape index (κ2) is 7.69. The minimum Gasteiger partial charge on any atom is -0.376 e. The Morgan fingerprint density at radius 2 is 1.77 bits per heavy atom. The highest BCUT2D eigenvalue weighted by Crippen LogP contribution is 2.35. The molecular weight excluding hydrogens is 383 g/mol. The fourth-order valence-electron chi connectivity index (χ4n) is 4.58. The number of ether oxygens (including phenoxy) is 1. The van der Waals surface area contributed by atoms with Crippen LogP contribution in [0.1, 0.15) is 29.5 Å². The molecule has 2 amide bonds. The Kier molecular flexibility index (Phi) is 4.87. The Morgan fingerprint density at radius 3 is 2.50 bits per heavy atom. The second-order valence-corrected chi connectivity index (χ2v) is 8.03. The van der Waals surface area contributed by atoms with E-state index in [4.69, 9.17) is 4.74 Å². The minimum absolute atomic E-state index is 0.117. The van der Waals surface area contributed by atoms with E-state index >= 15 is 0 Å². The molecule has 3 aliphatic rings. The summed E-state index contributed by atoms with van der Waals surface area (Å²) in [5, 5.41) is 0. The first-order valence-electron chi connectivity index (χ1n) is 10.4. The van der Waals surface area contributed by atoms with Crippen molar-refractivity contribution in [3.8, 4) is 0 Å². The summed E-state index contributed by atoms with van der Waals surface area (Å²) in [6, 6.07) is 14.0. The van der Waals surface area contributed by atoms with Crippen molar-refractivity contribution in [2.75, 3.05) is 19.7 Å². The minimum atomic E-state index is -0.374. The molecule has 3 aliphatic heterocycles. The van der Waals surface area contributed by atoms with E-state index in [1.165, 1.54) is 22.6 Å². The first-order chi connectivity index (χ1) is 14.6. The Morgan fingerprint density at radius 1 is 1.00 bits per heavy atom. The molecule has 0 spiro atoms. The number of carbonyl (C=O) groups excluding carboxylic acids is 2. The Bertz CT molecular complexity index is 1030. The summed E-state index contributed by atoms with van der Waals surface area (Å²) >= 11 is 0. The normalized spacial score (nSPS) is 21.6. The van der Waals surface area contributed by atoms with Gasteiger partial charge in [0.15, 0.2) is 0 Å². The molecule has 3 heterocycles. The Labute approximate surface area is 174 Å². The van der Waals surface area contributed by atoms with Gasteiger partial charge in [-0.1, -0.05) is 36.4 Å². The third kappa shape index (κ3) is 3.31. The molecule has 0 radical (unpaired) electrons. The highest BCUT2D eigenvalue weighted by atomic mass is 19.1. The monoisotopic (exact) mass is 406 g/mol. The molecule has 2 aromatic carbocycles. The standard InChI is InChI=1S/C24H23FN2O3/c25-19-9-7-17(8-10-19)21-22(26-12-11-16-4-1-2-5-18(16)14-26)24(29)27(23(21)28)15-20-6-3-13-30-20/h1-2,4-5,7-10,20H,3,6,11-15H2. The number of hydrogen-bond donors (Lipinski definition) is 0. The molecule has 30 heavy (non-hydrogen) atoms. The van der Waals surface area contributed by atoms with Crippen molar-refractivity contribution in [1.29, 1.82) is 0 Å². The summed E-state index contributed by atoms with van der Waals surface area (Å²) in [5.41, 5.74) is 3.77. The van der Waals surface area contributed by atoms with Gasteiger partial charge in [-0.15, -0.1) is 0 Å². The van der Waals surface area contributed by atoms with Gasteiger partial charge in [0.25, 0.3) is 11.8 Å². The van der Waals surface area contributed by atoms with Gasteiger partial charge in [0.1, 0.15) is 11.5 Å². The van der Waals surface area contributed by atoms with Gasteiger partial charge in [-0.2, -0.15) is 0 Å². The topological polar surface area (TPSA) is 49.9 Å². The summed E-state index contributed by atoms with van der Waals surface area (Å²) in [6.45, 7) is 2.15. The van der Waals surface area contributed by atoms with Crippen LogP contribution < -0.4 is 0 Å². The van der Waals surface area contributed by atoms with Crippen LogP contribution in [0.15, 0.2) is 54.2 Å². The molecule has 0 saturated carbocycles. The van der Waals surface area contributed by atoms with E-state index in [0.29, 0.717) is 36.5 Å². The third-order valence-corrected chi connectivity index (χ3v) is 6.13. The van der Waals surface area contributed by atoms with Crippen LogP contribution in [0.25, 0.3) is 5.57 Å². The first kappa shape index (κ1) is 19.0.